The summed E-state index contributed by atoms with van der Waals surface area (Å²) in [5.74, 6) is 0.549. The van der Waals surface area contributed by atoms with Crippen molar-refractivity contribution >= 4 is 11.6 Å². The Hall–Kier alpha value is -2.09. The van der Waals surface area contributed by atoms with Crippen LogP contribution in [0.1, 0.15) is 12.1 Å². The molecule has 114 valence electrons. The number of methoxy groups -OCH3 is 1. The molecule has 2 heterocycles. The first-order valence-corrected chi connectivity index (χ1v) is 6.31. The van der Waals surface area contributed by atoms with E-state index in [1.807, 2.05) is 4.57 Å². The topological polar surface area (TPSA) is 52.0 Å². The predicted molar refractivity (Wildman–Crippen MR) is 71.2 cm³/mol. The van der Waals surface area contributed by atoms with Crippen molar-refractivity contribution in [1.82, 2.24) is 14.5 Å². The molecule has 0 bridgehead atoms. The largest absolute Gasteiger partial charge is 0.433 e. The van der Waals surface area contributed by atoms with Crippen molar-refractivity contribution in [2.24, 2.45) is 0 Å². The fraction of sp³-hybridized carbons (Fsp3) is 0.385. The molecule has 0 unspecified atom stereocenters. The third kappa shape index (κ3) is 4.19. The summed E-state index contributed by atoms with van der Waals surface area (Å²) < 4.78 is 44.1. The van der Waals surface area contributed by atoms with E-state index in [-0.39, 0.29) is 0 Å². The molecule has 0 atom stereocenters. The molecule has 0 radical (unpaired) electrons. The van der Waals surface area contributed by atoms with Gasteiger partial charge in [-0.15, -0.1) is 0 Å². The van der Waals surface area contributed by atoms with Gasteiger partial charge in [-0.25, -0.2) is 9.97 Å². The average molecular weight is 300 g/mol. The van der Waals surface area contributed by atoms with E-state index in [2.05, 4.69) is 15.3 Å². The summed E-state index contributed by atoms with van der Waals surface area (Å²) >= 11 is 0. The van der Waals surface area contributed by atoms with E-state index in [0.717, 1.165) is 18.7 Å². The number of imidazole rings is 1. The number of halogens is 3. The molecular formula is C13H15F3N4O. The highest BCUT2D eigenvalue weighted by atomic mass is 19.4. The molecular weight excluding hydrogens is 285 g/mol. The lowest BCUT2D eigenvalue weighted by Crippen LogP contribution is -2.08. The second-order valence-electron chi connectivity index (χ2n) is 4.35. The van der Waals surface area contributed by atoms with E-state index in [9.17, 15) is 13.2 Å². The number of nitrogens with zero attached hydrogens (tertiary/aromatic N) is 3. The van der Waals surface area contributed by atoms with Crippen LogP contribution in [0.3, 0.4) is 0 Å². The van der Waals surface area contributed by atoms with Crippen LogP contribution in [0.15, 0.2) is 30.7 Å². The molecule has 21 heavy (non-hydrogen) atoms. The Morgan fingerprint density at radius 2 is 2.10 bits per heavy atom. The monoisotopic (exact) mass is 300 g/mol. The van der Waals surface area contributed by atoms with Gasteiger partial charge in [0, 0.05) is 32.7 Å². The normalized spacial score (nSPS) is 11.6. The van der Waals surface area contributed by atoms with Gasteiger partial charge >= 0.3 is 6.18 Å². The molecule has 2 aromatic rings. The fourth-order valence-electron chi connectivity index (χ4n) is 1.76. The van der Waals surface area contributed by atoms with E-state index in [1.54, 1.807) is 19.5 Å². The number of aromatic nitrogens is 3. The minimum absolute atomic E-state index is 0.446. The van der Waals surface area contributed by atoms with Crippen molar-refractivity contribution in [2.75, 3.05) is 19.0 Å². The predicted octanol–water partition coefficient (Wildman–Crippen LogP) is 3.08. The van der Waals surface area contributed by atoms with Crippen molar-refractivity contribution < 1.29 is 17.9 Å². The van der Waals surface area contributed by atoms with Crippen LogP contribution in [0.5, 0.6) is 0 Å². The standard InChI is InChI=1S/C13H15F3N4O/c1-21-8-2-6-20-7-5-17-12(20)19-10-3-4-11(18-9-10)13(14,15)16/h3-5,7,9H,2,6,8H2,1H3,(H,17,19). The summed E-state index contributed by atoms with van der Waals surface area (Å²) in [4.78, 5) is 7.51. The van der Waals surface area contributed by atoms with Crippen LogP contribution in [0.4, 0.5) is 24.8 Å². The SMILES string of the molecule is COCCCn1ccnc1Nc1ccc(C(F)(F)F)nc1. The first-order chi connectivity index (χ1) is 10.0. The summed E-state index contributed by atoms with van der Waals surface area (Å²) in [6.07, 6.45) is 0.920. The first-order valence-electron chi connectivity index (χ1n) is 6.31. The number of hydrogen-bond donors (Lipinski definition) is 1. The molecule has 5 nitrogen and oxygen atoms in total. The zero-order chi connectivity index (χ0) is 15.3. The van der Waals surface area contributed by atoms with Crippen LogP contribution in [0, 0.1) is 0 Å². The molecule has 2 aromatic heterocycles. The molecule has 0 aliphatic rings. The number of ether oxygens (including phenoxy) is 1. The Morgan fingerprint density at radius 1 is 1.29 bits per heavy atom. The Labute approximate surface area is 119 Å². The summed E-state index contributed by atoms with van der Waals surface area (Å²) in [5, 5.41) is 2.94. The highest BCUT2D eigenvalue weighted by Crippen LogP contribution is 2.28. The number of aryl methyl sites for hydroxylation is 1. The second-order valence-corrected chi connectivity index (χ2v) is 4.35. The smallest absolute Gasteiger partial charge is 0.385 e. The molecule has 8 heteroatoms. The second kappa shape index (κ2) is 6.57. The highest BCUT2D eigenvalue weighted by molar-refractivity contribution is 5.52. The van der Waals surface area contributed by atoms with Gasteiger partial charge in [-0.1, -0.05) is 0 Å². The Bertz CT molecular complexity index is 566. The molecule has 0 spiro atoms. The lowest BCUT2D eigenvalue weighted by atomic mass is 10.3. The summed E-state index contributed by atoms with van der Waals surface area (Å²) in [6.45, 7) is 1.32. The molecule has 0 aliphatic carbocycles. The maximum absolute atomic E-state index is 12.4. The lowest BCUT2D eigenvalue weighted by molar-refractivity contribution is -0.141. The average Bonchev–Trinajstić information content (AvgIpc) is 2.86. The molecule has 0 aromatic carbocycles. The number of pyridine rings is 1. The number of hydrogen-bond acceptors (Lipinski definition) is 4. The third-order valence-corrected chi connectivity index (χ3v) is 2.77. The zero-order valence-corrected chi connectivity index (χ0v) is 11.4. The molecule has 0 saturated carbocycles. The quantitative estimate of drug-likeness (QED) is 0.833. The Morgan fingerprint density at radius 3 is 2.71 bits per heavy atom. The van der Waals surface area contributed by atoms with Gasteiger partial charge in [-0.05, 0) is 18.6 Å². The van der Waals surface area contributed by atoms with Crippen molar-refractivity contribution in [1.29, 1.82) is 0 Å². The molecule has 0 amide bonds. The highest BCUT2D eigenvalue weighted by Gasteiger charge is 2.32. The van der Waals surface area contributed by atoms with Gasteiger partial charge < -0.3 is 14.6 Å². The van der Waals surface area contributed by atoms with E-state index >= 15 is 0 Å². The van der Waals surface area contributed by atoms with E-state index in [0.29, 0.717) is 24.8 Å². The Kier molecular flexibility index (Phi) is 4.79. The van der Waals surface area contributed by atoms with Crippen molar-refractivity contribution in [3.63, 3.8) is 0 Å². The van der Waals surface area contributed by atoms with Crippen LogP contribution >= 0.6 is 0 Å². The van der Waals surface area contributed by atoms with E-state index < -0.39 is 11.9 Å². The molecule has 1 N–H and O–H groups in total. The third-order valence-electron chi connectivity index (χ3n) is 2.77. The van der Waals surface area contributed by atoms with Crippen molar-refractivity contribution in [3.05, 3.63) is 36.4 Å². The van der Waals surface area contributed by atoms with Crippen LogP contribution < -0.4 is 5.32 Å². The summed E-state index contributed by atoms with van der Waals surface area (Å²) in [7, 11) is 1.63. The minimum Gasteiger partial charge on any atom is -0.385 e. The molecule has 0 saturated heterocycles. The van der Waals surface area contributed by atoms with Gasteiger partial charge in [0.2, 0.25) is 5.95 Å². The van der Waals surface area contributed by atoms with Gasteiger partial charge in [-0.3, -0.25) is 0 Å². The zero-order valence-electron chi connectivity index (χ0n) is 11.4. The first kappa shape index (κ1) is 15.3. The lowest BCUT2D eigenvalue weighted by Gasteiger charge is -2.10. The van der Waals surface area contributed by atoms with Gasteiger partial charge in [0.25, 0.3) is 0 Å². The van der Waals surface area contributed by atoms with E-state index in [1.165, 1.54) is 6.07 Å². The van der Waals surface area contributed by atoms with E-state index in [4.69, 9.17) is 4.74 Å². The van der Waals surface area contributed by atoms with Gasteiger partial charge in [0.05, 0.1) is 11.9 Å². The molecule has 2 rings (SSSR count). The van der Waals surface area contributed by atoms with Crippen molar-refractivity contribution in [2.45, 2.75) is 19.1 Å². The van der Waals surface area contributed by atoms with Gasteiger partial charge in [0.1, 0.15) is 5.69 Å². The van der Waals surface area contributed by atoms with Crippen LogP contribution in [-0.2, 0) is 17.5 Å². The van der Waals surface area contributed by atoms with Crippen LogP contribution in [0.25, 0.3) is 0 Å². The number of alkyl halides is 3. The molecule has 0 fully saturated rings. The van der Waals surface area contributed by atoms with Crippen LogP contribution in [0.2, 0.25) is 0 Å². The van der Waals surface area contributed by atoms with Crippen LogP contribution in [-0.4, -0.2) is 28.3 Å². The number of anilines is 2. The number of nitrogens with one attached hydrogen (secondary N) is 1. The summed E-state index contributed by atoms with van der Waals surface area (Å²) in [6, 6.07) is 2.25. The summed E-state index contributed by atoms with van der Waals surface area (Å²) in [5.41, 5.74) is -0.473. The van der Waals surface area contributed by atoms with Gasteiger partial charge in [-0.2, -0.15) is 13.2 Å². The fourth-order valence-corrected chi connectivity index (χ4v) is 1.76. The molecule has 0 aliphatic heterocycles. The maximum Gasteiger partial charge on any atom is 0.433 e. The Balaban J connectivity index is 2.03. The minimum atomic E-state index is -4.43. The van der Waals surface area contributed by atoms with Gasteiger partial charge in [0.15, 0.2) is 0 Å². The number of rotatable bonds is 6. The van der Waals surface area contributed by atoms with Crippen molar-refractivity contribution in [3.8, 4) is 0 Å². The maximum atomic E-state index is 12.4.